The lowest BCUT2D eigenvalue weighted by Gasteiger charge is -2.21. The van der Waals surface area contributed by atoms with E-state index in [0.717, 1.165) is 0 Å². The van der Waals surface area contributed by atoms with Gasteiger partial charge >= 0.3 is 0 Å². The Balaban J connectivity index is 1.96. The average Bonchev–Trinajstić information content (AvgIpc) is 2.76. The van der Waals surface area contributed by atoms with E-state index in [1.165, 1.54) is 0 Å². The number of rotatable bonds is 8. The number of hydrogen-bond donors (Lipinski definition) is 3. The van der Waals surface area contributed by atoms with Gasteiger partial charge in [-0.15, -0.1) is 0 Å². The molecule has 0 aliphatic heterocycles. The van der Waals surface area contributed by atoms with Crippen LogP contribution in [0.15, 0.2) is 65.8 Å². The minimum Gasteiger partial charge on any atom is -0.344 e. The largest absolute Gasteiger partial charge is 0.344 e. The Morgan fingerprint density at radius 3 is 1.70 bits per heavy atom. The maximum Gasteiger partial charge on any atom is 0.262 e. The first-order chi connectivity index (χ1) is 14.3. The maximum absolute atomic E-state index is 12.6. The molecule has 2 atom stereocenters. The molecule has 0 spiro atoms. The molecule has 2 aromatic carbocycles. The molecule has 0 saturated carbocycles. The molecular formula is C23H28N4O3. The fourth-order valence-electron chi connectivity index (χ4n) is 2.63. The van der Waals surface area contributed by atoms with Crippen molar-refractivity contribution in [2.45, 2.75) is 39.8 Å². The highest BCUT2D eigenvalue weighted by Crippen LogP contribution is 2.06. The third-order valence-electron chi connectivity index (χ3n) is 4.62. The predicted molar refractivity (Wildman–Crippen MR) is 117 cm³/mol. The summed E-state index contributed by atoms with van der Waals surface area (Å²) in [7, 11) is 0. The highest BCUT2D eigenvalue weighted by Gasteiger charge is 2.24. The Hall–Kier alpha value is -3.48. The molecule has 7 heteroatoms. The highest BCUT2D eigenvalue weighted by molar-refractivity contribution is 5.99. The Morgan fingerprint density at radius 1 is 0.767 bits per heavy atom. The highest BCUT2D eigenvalue weighted by atomic mass is 16.2. The summed E-state index contributed by atoms with van der Waals surface area (Å²) >= 11 is 0. The SMILES string of the molecule is C/C(=N/NC(=O)[C@@H](NC(=O)c1ccccc1)C(C)C)[C@H](C)NC(=O)c1ccccc1. The van der Waals surface area contributed by atoms with E-state index >= 15 is 0 Å². The van der Waals surface area contributed by atoms with Crippen molar-refractivity contribution in [1.82, 2.24) is 16.1 Å². The second-order valence-electron chi connectivity index (χ2n) is 7.35. The van der Waals surface area contributed by atoms with Gasteiger partial charge in [-0.05, 0) is 44.0 Å². The van der Waals surface area contributed by atoms with Crippen molar-refractivity contribution in [3.8, 4) is 0 Å². The van der Waals surface area contributed by atoms with Gasteiger partial charge in [0.15, 0.2) is 0 Å². The second-order valence-corrected chi connectivity index (χ2v) is 7.35. The average molecular weight is 409 g/mol. The topological polar surface area (TPSA) is 99.7 Å². The first-order valence-corrected chi connectivity index (χ1v) is 9.85. The van der Waals surface area contributed by atoms with Crippen molar-refractivity contribution < 1.29 is 14.4 Å². The zero-order valence-corrected chi connectivity index (χ0v) is 17.7. The van der Waals surface area contributed by atoms with Crippen LogP contribution in [-0.2, 0) is 4.79 Å². The van der Waals surface area contributed by atoms with Gasteiger partial charge in [0.2, 0.25) is 0 Å². The number of nitrogens with one attached hydrogen (secondary N) is 3. The summed E-state index contributed by atoms with van der Waals surface area (Å²) in [5.74, 6) is -1.11. The molecule has 7 nitrogen and oxygen atoms in total. The van der Waals surface area contributed by atoms with Crippen molar-refractivity contribution in [3.63, 3.8) is 0 Å². The van der Waals surface area contributed by atoms with E-state index in [4.69, 9.17) is 0 Å². The van der Waals surface area contributed by atoms with E-state index in [0.29, 0.717) is 16.8 Å². The second kappa shape index (κ2) is 10.9. The van der Waals surface area contributed by atoms with Gasteiger partial charge in [0, 0.05) is 11.1 Å². The van der Waals surface area contributed by atoms with E-state index in [9.17, 15) is 14.4 Å². The molecule has 0 aliphatic rings. The van der Waals surface area contributed by atoms with E-state index in [2.05, 4.69) is 21.2 Å². The number of hydrazone groups is 1. The molecular weight excluding hydrogens is 380 g/mol. The minimum absolute atomic E-state index is 0.136. The van der Waals surface area contributed by atoms with E-state index in [1.807, 2.05) is 26.0 Å². The lowest BCUT2D eigenvalue weighted by Crippen LogP contribution is -2.49. The predicted octanol–water partition coefficient (Wildman–Crippen LogP) is 2.75. The van der Waals surface area contributed by atoms with Crippen LogP contribution in [0.3, 0.4) is 0 Å². The molecule has 0 aromatic heterocycles. The van der Waals surface area contributed by atoms with Crippen molar-refractivity contribution in [2.24, 2.45) is 11.0 Å². The van der Waals surface area contributed by atoms with Gasteiger partial charge < -0.3 is 10.6 Å². The normalized spacial score (nSPS) is 13.3. The van der Waals surface area contributed by atoms with Crippen LogP contribution < -0.4 is 16.1 Å². The number of nitrogens with zero attached hydrogens (tertiary/aromatic N) is 1. The molecule has 158 valence electrons. The molecule has 0 saturated heterocycles. The Morgan fingerprint density at radius 2 is 1.23 bits per heavy atom. The van der Waals surface area contributed by atoms with Crippen LogP contribution in [0.5, 0.6) is 0 Å². The lowest BCUT2D eigenvalue weighted by molar-refractivity contribution is -0.123. The van der Waals surface area contributed by atoms with Crippen LogP contribution in [0.4, 0.5) is 0 Å². The van der Waals surface area contributed by atoms with Crippen molar-refractivity contribution in [3.05, 3.63) is 71.8 Å². The molecule has 0 fully saturated rings. The third kappa shape index (κ3) is 6.55. The van der Waals surface area contributed by atoms with Crippen LogP contribution in [0.1, 0.15) is 48.4 Å². The third-order valence-corrected chi connectivity index (χ3v) is 4.62. The van der Waals surface area contributed by atoms with Gasteiger partial charge in [0.25, 0.3) is 17.7 Å². The number of benzene rings is 2. The van der Waals surface area contributed by atoms with Crippen LogP contribution >= 0.6 is 0 Å². The maximum atomic E-state index is 12.6. The van der Waals surface area contributed by atoms with Gasteiger partial charge in [0.1, 0.15) is 6.04 Å². The van der Waals surface area contributed by atoms with Crippen LogP contribution in [-0.4, -0.2) is 35.5 Å². The number of amides is 3. The van der Waals surface area contributed by atoms with Gasteiger partial charge in [-0.2, -0.15) is 5.10 Å². The molecule has 0 radical (unpaired) electrons. The summed E-state index contributed by atoms with van der Waals surface area (Å²) in [5, 5.41) is 9.69. The van der Waals surface area contributed by atoms with Crippen LogP contribution in [0.25, 0.3) is 0 Å². The molecule has 0 aliphatic carbocycles. The van der Waals surface area contributed by atoms with Gasteiger partial charge in [0.05, 0.1) is 11.8 Å². The van der Waals surface area contributed by atoms with Crippen molar-refractivity contribution in [1.29, 1.82) is 0 Å². The summed E-state index contributed by atoms with van der Waals surface area (Å²) in [5.41, 5.74) is 4.06. The van der Waals surface area contributed by atoms with Crippen LogP contribution in [0, 0.1) is 5.92 Å². The first kappa shape index (κ1) is 22.8. The molecule has 0 heterocycles. The summed E-state index contributed by atoms with van der Waals surface area (Å²) in [4.78, 5) is 37.2. The fraction of sp³-hybridized carbons (Fsp3) is 0.304. The molecule has 0 bridgehead atoms. The smallest absolute Gasteiger partial charge is 0.262 e. The fourth-order valence-corrected chi connectivity index (χ4v) is 2.63. The van der Waals surface area contributed by atoms with Gasteiger partial charge in [-0.25, -0.2) is 5.43 Å². The summed E-state index contributed by atoms with van der Waals surface area (Å²) in [6.45, 7) is 7.18. The minimum atomic E-state index is -0.747. The Bertz CT molecular complexity index is 895. The van der Waals surface area contributed by atoms with Gasteiger partial charge in [-0.1, -0.05) is 50.2 Å². The molecule has 3 N–H and O–H groups in total. The van der Waals surface area contributed by atoms with E-state index in [-0.39, 0.29) is 23.8 Å². The Kier molecular flexibility index (Phi) is 8.29. The lowest BCUT2D eigenvalue weighted by atomic mass is 10.0. The molecule has 2 aromatic rings. The zero-order valence-electron chi connectivity index (χ0n) is 17.7. The van der Waals surface area contributed by atoms with E-state index in [1.54, 1.807) is 62.4 Å². The molecule has 30 heavy (non-hydrogen) atoms. The zero-order chi connectivity index (χ0) is 22.1. The number of carbonyl (C=O) groups excluding carboxylic acids is 3. The summed E-state index contributed by atoms with van der Waals surface area (Å²) in [6, 6.07) is 16.4. The number of carbonyl (C=O) groups is 3. The summed E-state index contributed by atoms with van der Waals surface area (Å²) < 4.78 is 0. The first-order valence-electron chi connectivity index (χ1n) is 9.85. The molecule has 0 unspecified atom stereocenters. The van der Waals surface area contributed by atoms with Crippen LogP contribution in [0.2, 0.25) is 0 Å². The van der Waals surface area contributed by atoms with Crippen molar-refractivity contribution in [2.75, 3.05) is 0 Å². The monoisotopic (exact) mass is 408 g/mol. The summed E-state index contributed by atoms with van der Waals surface area (Å²) in [6.07, 6.45) is 0. The molecule has 2 rings (SSSR count). The Labute approximate surface area is 177 Å². The van der Waals surface area contributed by atoms with E-state index < -0.39 is 11.9 Å². The quantitative estimate of drug-likeness (QED) is 0.463. The number of hydrogen-bond acceptors (Lipinski definition) is 4. The van der Waals surface area contributed by atoms with Gasteiger partial charge in [-0.3, -0.25) is 14.4 Å². The van der Waals surface area contributed by atoms with Crippen molar-refractivity contribution >= 4 is 23.4 Å². The standard InChI is InChI=1S/C23H28N4O3/c1-15(2)20(25-22(29)19-13-9-6-10-14-19)23(30)27-26-17(4)16(3)24-21(28)18-11-7-5-8-12-18/h5-16,20H,1-4H3,(H,24,28)(H,25,29)(H,27,30)/b26-17-/t16-,20-/m0/s1. The molecule has 3 amide bonds.